The van der Waals surface area contributed by atoms with Crippen LogP contribution in [0.5, 0.6) is 0 Å². The van der Waals surface area contributed by atoms with Gasteiger partial charge < -0.3 is 52.4 Å². The summed E-state index contributed by atoms with van der Waals surface area (Å²) in [7, 11) is 3.32. The third-order valence-electron chi connectivity index (χ3n) is 3.34. The molecular weight excluding hydrogens is 455 g/mol. The van der Waals surface area contributed by atoms with Crippen molar-refractivity contribution in [3.8, 4) is 0 Å². The molecule has 0 saturated carbocycles. The highest BCUT2D eigenvalue weighted by atomic mass is 127. The van der Waals surface area contributed by atoms with Gasteiger partial charge in [-0.3, -0.25) is 0 Å². The highest BCUT2D eigenvalue weighted by molar-refractivity contribution is 4.65. The van der Waals surface area contributed by atoms with Gasteiger partial charge in [0.2, 0.25) is 6.33 Å². The molecule has 0 aliphatic carbocycles. The van der Waals surface area contributed by atoms with Gasteiger partial charge in [-0.25, -0.2) is 9.13 Å². The largest absolute Gasteiger partial charge is 1.00 e. The Kier molecular flexibility index (Phi) is 19.2. The number of hydrogen-bond donors (Lipinski definition) is 0. The SMILES string of the molecule is COCCOCCOCCn1cc[n+](CCOCCOCCOC)c1.[I-]. The van der Waals surface area contributed by atoms with Gasteiger partial charge in [0.15, 0.2) is 0 Å². The Morgan fingerprint density at radius 3 is 1.77 bits per heavy atom. The van der Waals surface area contributed by atoms with Gasteiger partial charge in [-0.1, -0.05) is 0 Å². The fraction of sp³-hybridized carbons (Fsp3) is 0.824. The zero-order valence-corrected chi connectivity index (χ0v) is 18.1. The lowest BCUT2D eigenvalue weighted by Gasteiger charge is -2.04. The predicted octanol–water partition coefficient (Wildman–Crippen LogP) is -2.86. The van der Waals surface area contributed by atoms with Crippen molar-refractivity contribution >= 4 is 0 Å². The maximum atomic E-state index is 5.54. The zero-order chi connectivity index (χ0) is 18.0. The summed E-state index contributed by atoms with van der Waals surface area (Å²) in [5.74, 6) is 0. The van der Waals surface area contributed by atoms with Crippen molar-refractivity contribution in [2.45, 2.75) is 13.1 Å². The van der Waals surface area contributed by atoms with Crippen LogP contribution < -0.4 is 28.5 Å². The minimum absolute atomic E-state index is 0. The van der Waals surface area contributed by atoms with E-state index in [0.717, 1.165) is 13.1 Å². The van der Waals surface area contributed by atoms with E-state index in [1.54, 1.807) is 14.2 Å². The van der Waals surface area contributed by atoms with E-state index in [1.807, 2.05) is 12.4 Å². The average molecular weight is 488 g/mol. The third kappa shape index (κ3) is 14.8. The second-order valence-electron chi connectivity index (χ2n) is 5.32. The maximum absolute atomic E-state index is 5.54. The first-order chi connectivity index (χ1) is 12.4. The molecule has 0 radical (unpaired) electrons. The Labute approximate surface area is 173 Å². The lowest BCUT2D eigenvalue weighted by molar-refractivity contribution is -0.698. The highest BCUT2D eigenvalue weighted by Gasteiger charge is 2.03. The molecule has 0 aliphatic heterocycles. The van der Waals surface area contributed by atoms with Crippen LogP contribution in [0.1, 0.15) is 0 Å². The van der Waals surface area contributed by atoms with E-state index in [1.165, 1.54) is 0 Å². The van der Waals surface area contributed by atoms with Crippen molar-refractivity contribution in [3.05, 3.63) is 18.7 Å². The Morgan fingerprint density at radius 2 is 1.19 bits per heavy atom. The Hall–Kier alpha value is -0.300. The number of aromatic nitrogens is 2. The van der Waals surface area contributed by atoms with Crippen molar-refractivity contribution in [1.82, 2.24) is 4.57 Å². The van der Waals surface area contributed by atoms with E-state index in [2.05, 4.69) is 15.5 Å². The molecule has 154 valence electrons. The second kappa shape index (κ2) is 19.5. The molecule has 0 aromatic carbocycles. The fourth-order valence-corrected chi connectivity index (χ4v) is 1.97. The summed E-state index contributed by atoms with van der Waals surface area (Å²) in [6.07, 6.45) is 6.12. The molecule has 0 atom stereocenters. The number of ether oxygens (including phenoxy) is 6. The molecule has 0 fully saturated rings. The van der Waals surface area contributed by atoms with Crippen LogP contribution in [0, 0.1) is 0 Å². The standard InChI is InChI=1S/C17H33N2O6.HI/c1-20-9-11-24-15-13-22-7-5-18-3-4-19(17-18)6-8-23-14-16-25-12-10-21-2;/h3-4,17H,5-16H2,1-2H3;1H/q+1;/p-1. The fourth-order valence-electron chi connectivity index (χ4n) is 1.97. The molecular formula is C17H33IN2O6. The lowest BCUT2D eigenvalue weighted by atomic mass is 10.6. The second-order valence-corrected chi connectivity index (χ2v) is 5.32. The number of rotatable bonds is 18. The van der Waals surface area contributed by atoms with Crippen molar-refractivity contribution in [1.29, 1.82) is 0 Å². The summed E-state index contributed by atoms with van der Waals surface area (Å²) in [6, 6.07) is 0. The molecule has 0 aliphatic rings. The van der Waals surface area contributed by atoms with Crippen LogP contribution in [0.25, 0.3) is 0 Å². The molecule has 0 unspecified atom stereocenters. The molecule has 0 saturated heterocycles. The van der Waals surface area contributed by atoms with Gasteiger partial charge in [-0.05, 0) is 0 Å². The minimum Gasteiger partial charge on any atom is -1.00 e. The lowest BCUT2D eigenvalue weighted by Crippen LogP contribution is -3.00. The van der Waals surface area contributed by atoms with Crippen molar-refractivity contribution < 1.29 is 57.0 Å². The quantitative estimate of drug-likeness (QED) is 0.126. The molecule has 0 amide bonds. The van der Waals surface area contributed by atoms with Crippen molar-refractivity contribution in [2.24, 2.45) is 0 Å². The summed E-state index contributed by atoms with van der Waals surface area (Å²) in [5, 5.41) is 0. The van der Waals surface area contributed by atoms with E-state index in [9.17, 15) is 0 Å². The van der Waals surface area contributed by atoms with Crippen LogP contribution in [0.2, 0.25) is 0 Å². The molecule has 9 heteroatoms. The molecule has 8 nitrogen and oxygen atoms in total. The zero-order valence-electron chi connectivity index (χ0n) is 15.9. The molecule has 0 spiro atoms. The molecule has 1 heterocycles. The van der Waals surface area contributed by atoms with E-state index in [-0.39, 0.29) is 24.0 Å². The Balaban J connectivity index is 0.00000625. The summed E-state index contributed by atoms with van der Waals surface area (Å²) >= 11 is 0. The van der Waals surface area contributed by atoms with E-state index in [4.69, 9.17) is 28.4 Å². The molecule has 1 aromatic rings. The molecule has 26 heavy (non-hydrogen) atoms. The van der Waals surface area contributed by atoms with Crippen LogP contribution in [0.3, 0.4) is 0 Å². The first kappa shape index (κ1) is 25.7. The van der Waals surface area contributed by atoms with Gasteiger partial charge in [0.25, 0.3) is 0 Å². The highest BCUT2D eigenvalue weighted by Crippen LogP contribution is 1.88. The molecule has 1 rings (SSSR count). The van der Waals surface area contributed by atoms with Crippen LogP contribution >= 0.6 is 0 Å². The maximum Gasteiger partial charge on any atom is 0.243 e. The van der Waals surface area contributed by atoms with Gasteiger partial charge in [0, 0.05) is 14.2 Å². The topological polar surface area (TPSA) is 64.2 Å². The van der Waals surface area contributed by atoms with Crippen LogP contribution in [-0.4, -0.2) is 84.9 Å². The third-order valence-corrected chi connectivity index (χ3v) is 3.34. The molecule has 0 N–H and O–H groups in total. The molecule has 0 bridgehead atoms. The minimum atomic E-state index is 0. The van der Waals surface area contributed by atoms with E-state index in [0.29, 0.717) is 66.1 Å². The predicted molar refractivity (Wildman–Crippen MR) is 91.7 cm³/mol. The Bertz CT molecular complexity index is 374. The monoisotopic (exact) mass is 488 g/mol. The van der Waals surface area contributed by atoms with Gasteiger partial charge in [-0.15, -0.1) is 0 Å². The average Bonchev–Trinajstić information content (AvgIpc) is 3.07. The number of hydrogen-bond acceptors (Lipinski definition) is 6. The van der Waals surface area contributed by atoms with Crippen LogP contribution in [0.4, 0.5) is 0 Å². The normalized spacial score (nSPS) is 10.8. The van der Waals surface area contributed by atoms with E-state index < -0.39 is 0 Å². The van der Waals surface area contributed by atoms with Gasteiger partial charge in [0.05, 0.1) is 66.1 Å². The summed E-state index contributed by atoms with van der Waals surface area (Å²) in [5.41, 5.74) is 0. The number of halogens is 1. The first-order valence-electron chi connectivity index (χ1n) is 8.70. The smallest absolute Gasteiger partial charge is 0.243 e. The van der Waals surface area contributed by atoms with Gasteiger partial charge in [0.1, 0.15) is 25.5 Å². The van der Waals surface area contributed by atoms with Crippen LogP contribution in [-0.2, 0) is 41.5 Å². The number of nitrogens with zero attached hydrogens (tertiary/aromatic N) is 2. The summed E-state index contributed by atoms with van der Waals surface area (Å²) < 4.78 is 35.7. The van der Waals surface area contributed by atoms with Crippen LogP contribution in [0.15, 0.2) is 18.7 Å². The summed E-state index contributed by atoms with van der Waals surface area (Å²) in [6.45, 7) is 7.83. The van der Waals surface area contributed by atoms with E-state index >= 15 is 0 Å². The van der Waals surface area contributed by atoms with Crippen molar-refractivity contribution in [2.75, 3.05) is 80.3 Å². The van der Waals surface area contributed by atoms with Gasteiger partial charge >= 0.3 is 0 Å². The molecule has 1 aromatic heterocycles. The Morgan fingerprint density at radius 1 is 0.692 bits per heavy atom. The van der Waals surface area contributed by atoms with Gasteiger partial charge in [-0.2, -0.15) is 0 Å². The number of methoxy groups -OCH3 is 2. The first-order valence-corrected chi connectivity index (χ1v) is 8.70. The van der Waals surface area contributed by atoms with Crippen molar-refractivity contribution in [3.63, 3.8) is 0 Å². The summed E-state index contributed by atoms with van der Waals surface area (Å²) in [4.78, 5) is 0. The number of imidazole rings is 1.